The highest BCUT2D eigenvalue weighted by Crippen LogP contribution is 2.52. The smallest absolute Gasteiger partial charge is 0.335 e. The maximum Gasteiger partial charge on any atom is 0.335 e. The van der Waals surface area contributed by atoms with Crippen molar-refractivity contribution in [3.05, 3.63) is 34.4 Å². The van der Waals surface area contributed by atoms with Crippen molar-refractivity contribution in [2.75, 3.05) is 0 Å². The van der Waals surface area contributed by atoms with E-state index in [4.69, 9.17) is 10.2 Å². The second-order valence-electron chi connectivity index (χ2n) is 13.1. The number of benzene rings is 1. The Hall–Kier alpha value is -2.90. The Kier molecular flexibility index (Phi) is 10.5. The van der Waals surface area contributed by atoms with Crippen LogP contribution in [0.5, 0.6) is 0 Å². The summed E-state index contributed by atoms with van der Waals surface area (Å²) in [6.45, 7) is 1.73. The summed E-state index contributed by atoms with van der Waals surface area (Å²) in [4.78, 5) is 44.5. The first-order valence-corrected chi connectivity index (χ1v) is 15.6. The van der Waals surface area contributed by atoms with E-state index in [0.29, 0.717) is 17.5 Å². The molecular weight excluding hydrogens is 524 g/mol. The molecule has 8 aliphatic rings. The second kappa shape index (κ2) is 13.8. The van der Waals surface area contributed by atoms with Crippen LogP contribution in [0, 0.1) is 29.6 Å². The second-order valence-corrected chi connectivity index (χ2v) is 13.1. The Labute approximate surface area is 242 Å². The van der Waals surface area contributed by atoms with Crippen molar-refractivity contribution in [2.24, 2.45) is 29.6 Å². The number of hydrogen-bond donors (Lipinski definition) is 4. The van der Waals surface area contributed by atoms with Crippen molar-refractivity contribution in [1.29, 1.82) is 0 Å². The molecule has 1 aromatic rings. The van der Waals surface area contributed by atoms with E-state index < -0.39 is 23.9 Å². The Morgan fingerprint density at radius 3 is 1.24 bits per heavy atom. The fourth-order valence-corrected chi connectivity index (χ4v) is 8.51. The van der Waals surface area contributed by atoms with Crippen molar-refractivity contribution in [3.63, 3.8) is 0 Å². The Bertz CT molecular complexity index is 1030. The van der Waals surface area contributed by atoms with Gasteiger partial charge in [-0.25, -0.2) is 9.59 Å². The molecule has 0 aromatic heterocycles. The summed E-state index contributed by atoms with van der Waals surface area (Å²) in [5.41, 5.74) is 2.47. The lowest BCUT2D eigenvalue weighted by Crippen LogP contribution is -2.31. The van der Waals surface area contributed by atoms with Gasteiger partial charge in [-0.3, -0.25) is 9.59 Å². The highest BCUT2D eigenvalue weighted by Gasteiger charge is 2.39. The van der Waals surface area contributed by atoms with E-state index in [9.17, 15) is 29.4 Å². The predicted octanol–water partition coefficient (Wildman–Crippen LogP) is 7.41. The molecule has 1 atom stereocenters. The molecule has 9 rings (SSSR count). The minimum Gasteiger partial charge on any atom is -0.481 e. The lowest BCUT2D eigenvalue weighted by molar-refractivity contribution is -0.140. The third kappa shape index (κ3) is 7.69. The van der Waals surface area contributed by atoms with Crippen LogP contribution in [-0.4, -0.2) is 44.3 Å². The van der Waals surface area contributed by atoms with Crippen LogP contribution in [0.2, 0.25) is 0 Å². The molecule has 1 aromatic carbocycles. The van der Waals surface area contributed by atoms with E-state index in [1.165, 1.54) is 51.4 Å². The fourth-order valence-electron chi connectivity index (χ4n) is 8.51. The van der Waals surface area contributed by atoms with Crippen molar-refractivity contribution < 1.29 is 39.6 Å². The maximum absolute atomic E-state index is 12.2. The third-order valence-corrected chi connectivity index (χ3v) is 10.6. The van der Waals surface area contributed by atoms with Crippen LogP contribution in [-0.2, 0) is 9.59 Å². The molecule has 4 N–H and O–H groups in total. The first kappa shape index (κ1) is 31.0. The summed E-state index contributed by atoms with van der Waals surface area (Å²) < 4.78 is 0. The highest BCUT2D eigenvalue weighted by atomic mass is 16.4. The van der Waals surface area contributed by atoms with Crippen molar-refractivity contribution in [1.82, 2.24) is 0 Å². The number of carboxylic acids is 4. The zero-order valence-electron chi connectivity index (χ0n) is 24.2. The topological polar surface area (TPSA) is 149 Å². The molecule has 3 saturated carbocycles. The normalized spacial score (nSPS) is 29.4. The van der Waals surface area contributed by atoms with Gasteiger partial charge in [-0.2, -0.15) is 0 Å². The van der Waals surface area contributed by atoms with Gasteiger partial charge in [0.1, 0.15) is 0 Å². The number of aromatic carboxylic acids is 2. The van der Waals surface area contributed by atoms with Crippen molar-refractivity contribution in [3.8, 4) is 0 Å². The molecule has 3 fully saturated rings. The van der Waals surface area contributed by atoms with E-state index in [-0.39, 0.29) is 30.6 Å². The summed E-state index contributed by atoms with van der Waals surface area (Å²) in [6, 6.07) is 3.13. The van der Waals surface area contributed by atoms with Crippen LogP contribution in [0.4, 0.5) is 0 Å². The van der Waals surface area contributed by atoms with Gasteiger partial charge in [-0.05, 0) is 148 Å². The first-order valence-electron chi connectivity index (χ1n) is 15.6. The standard InChI is InChI=1S/C26H34O4.C7H12O4/c27-25(28)21-13-14-22(26(29)30)24-20-11-7-18(8-12-20)16-2-1-15(3-4-16)17-5-9-19(10-6-17)23(21)24;1-5(4-7(10)11)2-3-6(8)9/h13-20H,1-12H2,(H,27,28)(H,29,30);5H,2-4H2,1H3,(H,8,9)(H,10,11)/t15-,16-,17-,18-,19-,20-;5-/m.1/s1. The van der Waals surface area contributed by atoms with Crippen molar-refractivity contribution >= 4 is 23.9 Å². The van der Waals surface area contributed by atoms with Gasteiger partial charge in [0.15, 0.2) is 0 Å². The van der Waals surface area contributed by atoms with Gasteiger partial charge < -0.3 is 20.4 Å². The summed E-state index contributed by atoms with van der Waals surface area (Å²) >= 11 is 0. The van der Waals surface area contributed by atoms with Crippen LogP contribution >= 0.6 is 0 Å². The minimum atomic E-state index is -0.904. The molecule has 8 aliphatic carbocycles. The molecular formula is C33H46O8. The van der Waals surface area contributed by atoms with E-state index in [2.05, 4.69) is 0 Å². The molecule has 41 heavy (non-hydrogen) atoms. The Morgan fingerprint density at radius 1 is 0.610 bits per heavy atom. The molecule has 8 nitrogen and oxygen atoms in total. The molecule has 8 heteroatoms. The third-order valence-electron chi connectivity index (χ3n) is 10.6. The molecule has 6 bridgehead atoms. The van der Waals surface area contributed by atoms with Crippen LogP contribution < -0.4 is 0 Å². The van der Waals surface area contributed by atoms with E-state index >= 15 is 0 Å². The van der Waals surface area contributed by atoms with Gasteiger partial charge in [0.25, 0.3) is 0 Å². The average Bonchev–Trinajstić information content (AvgIpc) is 2.95. The molecule has 226 valence electrons. The van der Waals surface area contributed by atoms with Gasteiger partial charge in [-0.1, -0.05) is 6.92 Å². The predicted molar refractivity (Wildman–Crippen MR) is 153 cm³/mol. The van der Waals surface area contributed by atoms with Gasteiger partial charge in [0.2, 0.25) is 0 Å². The Balaban J connectivity index is 0.000000301. The lowest BCUT2D eigenvalue weighted by Gasteiger charge is -2.43. The zero-order chi connectivity index (χ0) is 29.7. The summed E-state index contributed by atoms with van der Waals surface area (Å²) in [7, 11) is 0. The fraction of sp³-hybridized carbons (Fsp3) is 0.697. The van der Waals surface area contributed by atoms with Gasteiger partial charge >= 0.3 is 23.9 Å². The largest absolute Gasteiger partial charge is 0.481 e. The van der Waals surface area contributed by atoms with Gasteiger partial charge in [0.05, 0.1) is 11.1 Å². The van der Waals surface area contributed by atoms with Gasteiger partial charge in [0, 0.05) is 12.8 Å². The Morgan fingerprint density at radius 2 is 0.951 bits per heavy atom. The van der Waals surface area contributed by atoms with Crippen LogP contribution in [0.15, 0.2) is 12.1 Å². The van der Waals surface area contributed by atoms with Crippen LogP contribution in [0.3, 0.4) is 0 Å². The number of rotatable bonds is 7. The monoisotopic (exact) mass is 570 g/mol. The highest BCUT2D eigenvalue weighted by molar-refractivity contribution is 5.95. The van der Waals surface area contributed by atoms with E-state index in [1.54, 1.807) is 19.1 Å². The van der Waals surface area contributed by atoms with Crippen molar-refractivity contribution in [2.45, 2.75) is 115 Å². The lowest BCUT2D eigenvalue weighted by atomic mass is 9.62. The molecule has 0 amide bonds. The average molecular weight is 571 g/mol. The summed E-state index contributed by atoms with van der Waals surface area (Å²) in [5, 5.41) is 36.5. The SMILES string of the molecule is C[C@H](CCC(=O)O)CC(=O)O.O=C(O)c1ccc(C(=O)O)c2c1[C@H]1CC[C@@H](CC1)[C@H]1CC[C@@H](CC1)[C@H]1CC[C@H]2CC1. The first-order chi connectivity index (χ1) is 19.5. The summed E-state index contributed by atoms with van der Waals surface area (Å²) in [5.74, 6) is 0.0447. The number of hydrogen-bond acceptors (Lipinski definition) is 4. The van der Waals surface area contributed by atoms with Crippen LogP contribution in [0.1, 0.15) is 147 Å². The maximum atomic E-state index is 12.2. The number of fused-ring (bicyclic) bond motifs is 1. The zero-order valence-corrected chi connectivity index (χ0v) is 24.2. The molecule has 0 unspecified atom stereocenters. The minimum absolute atomic E-state index is 0.0489. The van der Waals surface area contributed by atoms with E-state index in [1.807, 2.05) is 0 Å². The van der Waals surface area contributed by atoms with Crippen LogP contribution in [0.25, 0.3) is 0 Å². The molecule has 0 aliphatic heterocycles. The molecule has 0 spiro atoms. The molecule has 0 heterocycles. The van der Waals surface area contributed by atoms with E-state index in [0.717, 1.165) is 60.5 Å². The molecule has 0 saturated heterocycles. The van der Waals surface area contributed by atoms with Gasteiger partial charge in [-0.15, -0.1) is 0 Å². The number of carboxylic acid groups (broad SMARTS) is 4. The quantitative estimate of drug-likeness (QED) is 0.265. The number of carbonyl (C=O) groups is 4. The number of aliphatic carboxylic acids is 2. The molecule has 0 radical (unpaired) electrons. The summed E-state index contributed by atoms with van der Waals surface area (Å²) in [6.07, 6.45) is 14.8.